The topological polar surface area (TPSA) is 146 Å². The Balaban J connectivity index is 1.33. The molecule has 11 heteroatoms. The van der Waals surface area contributed by atoms with Crippen LogP contribution in [0.4, 0.5) is 11.6 Å². The summed E-state index contributed by atoms with van der Waals surface area (Å²) in [5.74, 6) is 1.19. The van der Waals surface area contributed by atoms with Crippen molar-refractivity contribution in [2.24, 2.45) is 5.73 Å². The molecule has 3 aromatic rings. The second-order valence-corrected chi connectivity index (χ2v) is 14.5. The van der Waals surface area contributed by atoms with Crippen molar-refractivity contribution in [3.63, 3.8) is 0 Å². The molecule has 0 aromatic carbocycles. The van der Waals surface area contributed by atoms with Gasteiger partial charge in [0.1, 0.15) is 23.3 Å². The Morgan fingerprint density at radius 2 is 1.82 bits per heavy atom. The number of hydrogen-bond acceptors (Lipinski definition) is 10. The third-order valence-electron chi connectivity index (χ3n) is 8.44. The number of aromatic nitrogens is 3. The van der Waals surface area contributed by atoms with Crippen LogP contribution in [0.5, 0.6) is 5.88 Å². The van der Waals surface area contributed by atoms with E-state index in [1.54, 1.807) is 24.5 Å². The predicted octanol–water partition coefficient (Wildman–Crippen LogP) is 3.90. The zero-order chi connectivity index (χ0) is 28.0. The van der Waals surface area contributed by atoms with Gasteiger partial charge in [-0.1, -0.05) is 0 Å². The van der Waals surface area contributed by atoms with Gasteiger partial charge in [0, 0.05) is 37.0 Å². The summed E-state index contributed by atoms with van der Waals surface area (Å²) in [7, 11) is -3.08. The first kappa shape index (κ1) is 25.9. The summed E-state index contributed by atoms with van der Waals surface area (Å²) in [5.41, 5.74) is 7.02. The lowest BCUT2D eigenvalue weighted by Gasteiger charge is -2.39. The second kappa shape index (κ2) is 8.34. The largest absolute Gasteiger partial charge is 0.474 e. The fraction of sp³-hybridized carbons (Fsp3) is 0.500. The monoisotopic (exact) mass is 551 g/mol. The quantitative estimate of drug-likeness (QED) is 0.432. The average Bonchev–Trinajstić information content (AvgIpc) is 3.60. The normalized spacial score (nSPS) is 23.1. The molecule has 2 fully saturated rings. The molecule has 3 aliphatic rings. The van der Waals surface area contributed by atoms with Crippen LogP contribution in [0.2, 0.25) is 0 Å². The molecule has 1 spiro atoms. The number of ether oxygens (including phenoxy) is 2. The maximum atomic E-state index is 12.6. The molecule has 10 nitrogen and oxygen atoms in total. The highest BCUT2D eigenvalue weighted by atomic mass is 32.2. The fourth-order valence-electron chi connectivity index (χ4n) is 5.73. The third kappa shape index (κ3) is 4.31. The van der Waals surface area contributed by atoms with Crippen molar-refractivity contribution in [3.05, 3.63) is 47.4 Å². The standard InChI is InChI=1S/C28H33N5O5S/c1-26(2,29)20-14-31-24(37-15-10-16(11-15)39(5,35)36)19-13-30-22(12-18(19)20)32-21-7-6-17-23(33-21)28(8-9-28)27(3,4)38-25(17)34/h6-7,12-16H,8-11,29H2,1-5H3,(H,30,32,33). The molecule has 2 aliphatic carbocycles. The Morgan fingerprint density at radius 3 is 2.46 bits per heavy atom. The van der Waals surface area contributed by atoms with Crippen LogP contribution in [0.25, 0.3) is 10.8 Å². The predicted molar refractivity (Wildman–Crippen MR) is 147 cm³/mol. The Bertz CT molecular complexity index is 1620. The number of nitrogens with zero attached hydrogens (tertiary/aromatic N) is 3. The van der Waals surface area contributed by atoms with E-state index in [9.17, 15) is 13.2 Å². The molecule has 0 radical (unpaired) electrons. The number of nitrogens with one attached hydrogen (secondary N) is 1. The van der Waals surface area contributed by atoms with E-state index in [0.717, 1.165) is 29.5 Å². The summed E-state index contributed by atoms with van der Waals surface area (Å²) < 4.78 is 35.4. The number of esters is 1. The summed E-state index contributed by atoms with van der Waals surface area (Å²) in [6.45, 7) is 7.70. The van der Waals surface area contributed by atoms with Crippen molar-refractivity contribution in [3.8, 4) is 5.88 Å². The highest BCUT2D eigenvalue weighted by molar-refractivity contribution is 7.91. The van der Waals surface area contributed by atoms with Gasteiger partial charge in [0.15, 0.2) is 9.84 Å². The number of sulfone groups is 1. The Kier molecular flexibility index (Phi) is 5.55. The van der Waals surface area contributed by atoms with E-state index in [-0.39, 0.29) is 22.7 Å². The summed E-state index contributed by atoms with van der Waals surface area (Å²) in [5, 5.41) is 4.43. The Labute approximate surface area is 227 Å². The van der Waals surface area contributed by atoms with E-state index in [4.69, 9.17) is 20.2 Å². The molecule has 0 atom stereocenters. The smallest absolute Gasteiger partial charge is 0.340 e. The molecule has 1 aliphatic heterocycles. The number of fused-ring (bicyclic) bond motifs is 3. The molecular formula is C28H33N5O5S. The molecule has 0 unspecified atom stereocenters. The van der Waals surface area contributed by atoms with E-state index in [0.29, 0.717) is 41.3 Å². The van der Waals surface area contributed by atoms with Gasteiger partial charge in [0.2, 0.25) is 5.88 Å². The maximum absolute atomic E-state index is 12.6. The lowest BCUT2D eigenvalue weighted by Crippen LogP contribution is -2.46. The summed E-state index contributed by atoms with van der Waals surface area (Å²) in [6.07, 6.45) is 7.14. The first-order valence-corrected chi connectivity index (χ1v) is 15.1. The van der Waals surface area contributed by atoms with Crippen LogP contribution in [-0.2, 0) is 25.5 Å². The minimum atomic E-state index is -3.08. The van der Waals surface area contributed by atoms with Crippen molar-refractivity contribution >= 4 is 38.2 Å². The van der Waals surface area contributed by atoms with Crippen LogP contribution < -0.4 is 15.8 Å². The van der Waals surface area contributed by atoms with Crippen molar-refractivity contribution < 1.29 is 22.7 Å². The van der Waals surface area contributed by atoms with Gasteiger partial charge in [-0.05, 0) is 69.7 Å². The number of pyridine rings is 3. The van der Waals surface area contributed by atoms with E-state index in [1.165, 1.54) is 6.26 Å². The van der Waals surface area contributed by atoms with Crippen molar-refractivity contribution in [2.45, 2.75) is 81.3 Å². The molecule has 4 heterocycles. The summed E-state index contributed by atoms with van der Waals surface area (Å²) >= 11 is 0. The van der Waals surface area contributed by atoms with Crippen LogP contribution in [0.3, 0.4) is 0 Å². The number of carbonyl (C=O) groups is 1. The highest BCUT2D eigenvalue weighted by Crippen LogP contribution is 2.59. The van der Waals surface area contributed by atoms with Gasteiger partial charge in [-0.3, -0.25) is 0 Å². The van der Waals surface area contributed by atoms with E-state index in [1.807, 2.05) is 33.8 Å². The summed E-state index contributed by atoms with van der Waals surface area (Å²) in [6, 6.07) is 5.40. The highest BCUT2D eigenvalue weighted by Gasteiger charge is 2.63. The van der Waals surface area contributed by atoms with Crippen LogP contribution in [0.15, 0.2) is 30.6 Å². The van der Waals surface area contributed by atoms with Gasteiger partial charge < -0.3 is 20.5 Å². The lowest BCUT2D eigenvalue weighted by atomic mass is 9.80. The molecule has 3 aromatic heterocycles. The van der Waals surface area contributed by atoms with Crippen molar-refractivity contribution in [1.29, 1.82) is 0 Å². The van der Waals surface area contributed by atoms with Crippen LogP contribution in [-0.4, -0.2) is 52.5 Å². The van der Waals surface area contributed by atoms with Gasteiger partial charge >= 0.3 is 5.97 Å². The zero-order valence-corrected chi connectivity index (χ0v) is 23.6. The van der Waals surface area contributed by atoms with Crippen LogP contribution in [0.1, 0.15) is 75.0 Å². The number of nitrogens with two attached hydrogens (primary N) is 1. The maximum Gasteiger partial charge on any atom is 0.340 e. The van der Waals surface area contributed by atoms with Gasteiger partial charge in [-0.25, -0.2) is 28.2 Å². The van der Waals surface area contributed by atoms with E-state index < -0.39 is 21.0 Å². The molecule has 0 bridgehead atoms. The van der Waals surface area contributed by atoms with Gasteiger partial charge in [0.05, 0.1) is 27.3 Å². The van der Waals surface area contributed by atoms with Crippen molar-refractivity contribution in [1.82, 2.24) is 15.0 Å². The average molecular weight is 552 g/mol. The molecule has 2 saturated carbocycles. The Morgan fingerprint density at radius 1 is 1.10 bits per heavy atom. The first-order valence-electron chi connectivity index (χ1n) is 13.1. The molecule has 39 heavy (non-hydrogen) atoms. The van der Waals surface area contributed by atoms with Crippen LogP contribution in [0, 0.1) is 0 Å². The molecule has 0 saturated heterocycles. The molecule has 206 valence electrons. The summed E-state index contributed by atoms with van der Waals surface area (Å²) in [4.78, 5) is 26.6. The number of cyclic esters (lactones) is 1. The van der Waals surface area contributed by atoms with Gasteiger partial charge in [0.25, 0.3) is 0 Å². The SMILES string of the molecule is CC(C)(N)c1cnc(OC2CC(S(C)(=O)=O)C2)c2cnc(Nc3ccc4c(n3)C3(CC3)C(C)(C)OC4=O)cc12. The lowest BCUT2D eigenvalue weighted by molar-refractivity contribution is -0.0285. The molecule has 0 amide bonds. The van der Waals surface area contributed by atoms with Gasteiger partial charge in [-0.2, -0.15) is 0 Å². The molecule has 6 rings (SSSR count). The van der Waals surface area contributed by atoms with Crippen molar-refractivity contribution in [2.75, 3.05) is 11.6 Å². The Hall–Kier alpha value is -3.31. The number of carbonyl (C=O) groups excluding carboxylic acids is 1. The van der Waals surface area contributed by atoms with Crippen LogP contribution >= 0.6 is 0 Å². The number of anilines is 2. The number of hydrogen-bond donors (Lipinski definition) is 2. The molecule has 3 N–H and O–H groups in total. The minimum Gasteiger partial charge on any atom is -0.474 e. The van der Waals surface area contributed by atoms with E-state index in [2.05, 4.69) is 15.3 Å². The van der Waals surface area contributed by atoms with Gasteiger partial charge in [-0.15, -0.1) is 0 Å². The second-order valence-electron chi connectivity index (χ2n) is 12.2. The van der Waals surface area contributed by atoms with E-state index >= 15 is 0 Å². The number of rotatable bonds is 6. The molecular weight excluding hydrogens is 518 g/mol. The zero-order valence-electron chi connectivity index (χ0n) is 22.7. The fourth-order valence-corrected chi connectivity index (χ4v) is 6.86. The minimum absolute atomic E-state index is 0.222. The first-order chi connectivity index (χ1) is 18.2. The third-order valence-corrected chi connectivity index (χ3v) is 10.0.